The van der Waals surface area contributed by atoms with Crippen molar-refractivity contribution in [1.82, 2.24) is 0 Å². The highest BCUT2D eigenvalue weighted by Gasteiger charge is 2.15. The summed E-state index contributed by atoms with van der Waals surface area (Å²) in [6.07, 6.45) is 0.0952. The highest BCUT2D eigenvalue weighted by molar-refractivity contribution is 5.34. The Labute approximate surface area is 120 Å². The zero-order chi connectivity index (χ0) is 14.7. The second-order valence-corrected chi connectivity index (χ2v) is 5.77. The molecule has 0 amide bonds. The Balaban J connectivity index is 2.24. The fraction of sp³-hybridized carbons (Fsp3) is 0.333. The van der Waals surface area contributed by atoms with Crippen LogP contribution in [0.4, 0.5) is 4.39 Å². The fourth-order valence-electron chi connectivity index (χ4n) is 2.36. The molecule has 0 bridgehead atoms. The first-order chi connectivity index (χ1) is 9.47. The Kier molecular flexibility index (Phi) is 4.56. The molecule has 0 aliphatic carbocycles. The SMILES string of the molecule is Cc1ccc(F)c(C(O)c2ccc(CC(C)C)cc2)c1. The molecule has 0 aliphatic heterocycles. The third-order valence-corrected chi connectivity index (χ3v) is 3.39. The fourth-order valence-corrected chi connectivity index (χ4v) is 2.36. The smallest absolute Gasteiger partial charge is 0.129 e. The number of rotatable bonds is 4. The first kappa shape index (κ1) is 14.7. The normalized spacial score (nSPS) is 12.7. The van der Waals surface area contributed by atoms with Gasteiger partial charge in [0.05, 0.1) is 0 Å². The summed E-state index contributed by atoms with van der Waals surface area (Å²) in [5, 5.41) is 10.3. The van der Waals surface area contributed by atoms with E-state index in [1.165, 1.54) is 11.6 Å². The monoisotopic (exact) mass is 272 g/mol. The van der Waals surface area contributed by atoms with Gasteiger partial charge in [0, 0.05) is 5.56 Å². The highest BCUT2D eigenvalue weighted by atomic mass is 19.1. The number of aryl methyl sites for hydroxylation is 1. The van der Waals surface area contributed by atoms with E-state index in [4.69, 9.17) is 0 Å². The molecular weight excluding hydrogens is 251 g/mol. The van der Waals surface area contributed by atoms with Crippen molar-refractivity contribution in [3.63, 3.8) is 0 Å². The van der Waals surface area contributed by atoms with Crippen molar-refractivity contribution >= 4 is 0 Å². The number of aliphatic hydroxyl groups is 1. The molecule has 0 heterocycles. The van der Waals surface area contributed by atoms with Gasteiger partial charge in [0.25, 0.3) is 0 Å². The van der Waals surface area contributed by atoms with Gasteiger partial charge in [0.1, 0.15) is 11.9 Å². The van der Waals surface area contributed by atoms with E-state index < -0.39 is 6.10 Å². The summed E-state index contributed by atoms with van der Waals surface area (Å²) in [7, 11) is 0. The Morgan fingerprint density at radius 3 is 2.30 bits per heavy atom. The van der Waals surface area contributed by atoms with E-state index in [1.54, 1.807) is 12.1 Å². The Morgan fingerprint density at radius 2 is 1.70 bits per heavy atom. The molecule has 2 heteroatoms. The molecule has 2 rings (SSSR count). The van der Waals surface area contributed by atoms with Crippen LogP contribution in [0.3, 0.4) is 0 Å². The minimum atomic E-state index is -0.914. The lowest BCUT2D eigenvalue weighted by molar-refractivity contribution is 0.215. The predicted octanol–water partition coefficient (Wildman–Crippen LogP) is 4.41. The summed E-state index contributed by atoms with van der Waals surface area (Å²) in [6, 6.07) is 12.6. The van der Waals surface area contributed by atoms with E-state index in [9.17, 15) is 9.50 Å². The second-order valence-electron chi connectivity index (χ2n) is 5.77. The van der Waals surface area contributed by atoms with Gasteiger partial charge in [0.2, 0.25) is 0 Å². The quantitative estimate of drug-likeness (QED) is 0.873. The van der Waals surface area contributed by atoms with E-state index in [0.717, 1.165) is 17.5 Å². The summed E-state index contributed by atoms with van der Waals surface area (Å²) >= 11 is 0. The molecule has 1 N–H and O–H groups in total. The van der Waals surface area contributed by atoms with Crippen molar-refractivity contribution in [2.45, 2.75) is 33.3 Å². The molecule has 0 saturated heterocycles. The first-order valence-corrected chi connectivity index (χ1v) is 7.00. The van der Waals surface area contributed by atoms with Crippen LogP contribution >= 0.6 is 0 Å². The number of benzene rings is 2. The molecule has 106 valence electrons. The predicted molar refractivity (Wildman–Crippen MR) is 80.2 cm³/mol. The van der Waals surface area contributed by atoms with Crippen molar-refractivity contribution in [1.29, 1.82) is 0 Å². The Bertz CT molecular complexity index is 572. The van der Waals surface area contributed by atoms with E-state index >= 15 is 0 Å². The average molecular weight is 272 g/mol. The molecule has 20 heavy (non-hydrogen) atoms. The van der Waals surface area contributed by atoms with Crippen molar-refractivity contribution in [3.8, 4) is 0 Å². The highest BCUT2D eigenvalue weighted by Crippen LogP contribution is 2.25. The minimum absolute atomic E-state index is 0.335. The van der Waals surface area contributed by atoms with Crippen molar-refractivity contribution < 1.29 is 9.50 Å². The molecule has 0 saturated carbocycles. The lowest BCUT2D eigenvalue weighted by Crippen LogP contribution is -2.03. The second kappa shape index (κ2) is 6.19. The third-order valence-electron chi connectivity index (χ3n) is 3.39. The van der Waals surface area contributed by atoms with Crippen LogP contribution in [-0.2, 0) is 6.42 Å². The lowest BCUT2D eigenvalue weighted by atomic mass is 9.96. The van der Waals surface area contributed by atoms with Crippen molar-refractivity contribution in [2.24, 2.45) is 5.92 Å². The van der Waals surface area contributed by atoms with Gasteiger partial charge in [-0.05, 0) is 36.5 Å². The summed E-state index contributed by atoms with van der Waals surface area (Å²) in [5.41, 5.74) is 3.24. The van der Waals surface area contributed by atoms with Gasteiger partial charge in [-0.3, -0.25) is 0 Å². The number of halogens is 1. The maximum atomic E-state index is 13.8. The van der Waals surface area contributed by atoms with Gasteiger partial charge in [-0.2, -0.15) is 0 Å². The molecule has 1 unspecified atom stereocenters. The molecular formula is C18H21FO. The Morgan fingerprint density at radius 1 is 1.05 bits per heavy atom. The van der Waals surface area contributed by atoms with E-state index in [-0.39, 0.29) is 5.82 Å². The topological polar surface area (TPSA) is 20.2 Å². The zero-order valence-corrected chi connectivity index (χ0v) is 12.2. The standard InChI is InChI=1S/C18H21FO/c1-12(2)10-14-5-7-15(8-6-14)18(20)16-11-13(3)4-9-17(16)19/h4-9,11-12,18,20H,10H2,1-3H3. The van der Waals surface area contributed by atoms with Crippen molar-refractivity contribution in [2.75, 3.05) is 0 Å². The van der Waals surface area contributed by atoms with Crippen LogP contribution in [0.15, 0.2) is 42.5 Å². The summed E-state index contributed by atoms with van der Waals surface area (Å²) < 4.78 is 13.8. The zero-order valence-electron chi connectivity index (χ0n) is 12.2. The van der Waals surface area contributed by atoms with Crippen LogP contribution in [0.2, 0.25) is 0 Å². The molecule has 0 aliphatic rings. The summed E-state index contributed by atoms with van der Waals surface area (Å²) in [6.45, 7) is 6.23. The molecule has 0 spiro atoms. The number of hydrogen-bond donors (Lipinski definition) is 1. The first-order valence-electron chi connectivity index (χ1n) is 7.00. The number of aliphatic hydroxyl groups excluding tert-OH is 1. The molecule has 0 radical (unpaired) electrons. The van der Waals surface area contributed by atoms with Crippen LogP contribution in [0, 0.1) is 18.7 Å². The van der Waals surface area contributed by atoms with Crippen LogP contribution in [-0.4, -0.2) is 5.11 Å². The molecule has 1 nitrogen and oxygen atoms in total. The van der Waals surface area contributed by atoms with E-state index in [1.807, 2.05) is 31.2 Å². The van der Waals surface area contributed by atoms with E-state index in [2.05, 4.69) is 13.8 Å². The molecule has 1 atom stereocenters. The van der Waals surface area contributed by atoms with Gasteiger partial charge in [0.15, 0.2) is 0 Å². The summed E-state index contributed by atoms with van der Waals surface area (Å²) in [4.78, 5) is 0. The van der Waals surface area contributed by atoms with Gasteiger partial charge in [-0.25, -0.2) is 4.39 Å². The van der Waals surface area contributed by atoms with Crippen LogP contribution in [0.25, 0.3) is 0 Å². The van der Waals surface area contributed by atoms with Gasteiger partial charge in [-0.1, -0.05) is 55.8 Å². The molecule has 0 fully saturated rings. The van der Waals surface area contributed by atoms with Gasteiger partial charge >= 0.3 is 0 Å². The van der Waals surface area contributed by atoms with Crippen LogP contribution in [0.5, 0.6) is 0 Å². The average Bonchev–Trinajstić information content (AvgIpc) is 2.41. The van der Waals surface area contributed by atoms with Crippen LogP contribution < -0.4 is 0 Å². The molecule has 2 aromatic carbocycles. The van der Waals surface area contributed by atoms with Gasteiger partial charge < -0.3 is 5.11 Å². The third kappa shape index (κ3) is 3.45. The summed E-state index contributed by atoms with van der Waals surface area (Å²) in [5.74, 6) is 0.231. The maximum Gasteiger partial charge on any atom is 0.129 e. The van der Waals surface area contributed by atoms with Crippen LogP contribution in [0.1, 0.15) is 42.2 Å². The molecule has 0 aromatic heterocycles. The molecule has 2 aromatic rings. The van der Waals surface area contributed by atoms with E-state index in [0.29, 0.717) is 11.5 Å². The van der Waals surface area contributed by atoms with Gasteiger partial charge in [-0.15, -0.1) is 0 Å². The largest absolute Gasteiger partial charge is 0.384 e. The Hall–Kier alpha value is -1.67. The number of hydrogen-bond acceptors (Lipinski definition) is 1. The maximum absolute atomic E-state index is 13.8. The lowest BCUT2D eigenvalue weighted by Gasteiger charge is -2.14. The minimum Gasteiger partial charge on any atom is -0.384 e. The van der Waals surface area contributed by atoms with Crippen molar-refractivity contribution in [3.05, 3.63) is 70.5 Å².